The van der Waals surface area contributed by atoms with E-state index in [1.54, 1.807) is 52.0 Å². The molecule has 0 spiro atoms. The van der Waals surface area contributed by atoms with E-state index in [0.717, 1.165) is 17.7 Å². The zero-order valence-corrected chi connectivity index (χ0v) is 20.4. The number of amides is 1. The van der Waals surface area contributed by atoms with Crippen molar-refractivity contribution in [3.8, 4) is 11.1 Å². The third-order valence-corrected chi connectivity index (χ3v) is 7.08. The molecular weight excluding hydrogens is 469 g/mol. The van der Waals surface area contributed by atoms with Crippen molar-refractivity contribution in [2.24, 2.45) is 0 Å². The normalized spacial score (nSPS) is 15.9. The van der Waals surface area contributed by atoms with Crippen LogP contribution >= 0.6 is 0 Å². The summed E-state index contributed by atoms with van der Waals surface area (Å²) in [5, 5.41) is 0. The molecule has 0 atom stereocenters. The molecule has 186 valence electrons. The van der Waals surface area contributed by atoms with Gasteiger partial charge < -0.3 is 9.64 Å². The minimum Gasteiger partial charge on any atom is -0.444 e. The van der Waals surface area contributed by atoms with Crippen LogP contribution < -0.4 is 4.72 Å². The summed E-state index contributed by atoms with van der Waals surface area (Å²) < 4.78 is 75.3. The van der Waals surface area contributed by atoms with Crippen LogP contribution in [0.25, 0.3) is 11.1 Å². The van der Waals surface area contributed by atoms with Crippen molar-refractivity contribution in [3.05, 3.63) is 53.6 Å². The van der Waals surface area contributed by atoms with Gasteiger partial charge in [-0.3, -0.25) is 0 Å². The molecule has 3 rings (SSSR count). The Balaban J connectivity index is 1.80. The van der Waals surface area contributed by atoms with Crippen LogP contribution in [0.3, 0.4) is 0 Å². The first-order chi connectivity index (χ1) is 15.7. The molecule has 1 heterocycles. The highest BCUT2D eigenvalue weighted by Crippen LogP contribution is 2.37. The molecule has 1 fully saturated rings. The highest BCUT2D eigenvalue weighted by Gasteiger charge is 2.38. The monoisotopic (exact) mass is 498 g/mol. The number of hydrogen-bond acceptors (Lipinski definition) is 4. The molecule has 0 aromatic heterocycles. The first-order valence-electron chi connectivity index (χ1n) is 10.9. The van der Waals surface area contributed by atoms with Gasteiger partial charge in [0.2, 0.25) is 10.0 Å². The Morgan fingerprint density at radius 1 is 1.06 bits per heavy atom. The van der Waals surface area contributed by atoms with Gasteiger partial charge in [0.25, 0.3) is 0 Å². The summed E-state index contributed by atoms with van der Waals surface area (Å²) in [5.41, 5.74) is -0.212. The van der Waals surface area contributed by atoms with E-state index in [0.29, 0.717) is 5.56 Å². The summed E-state index contributed by atoms with van der Waals surface area (Å²) in [6, 6.07) is 9.63. The SMILES string of the molecule is Cc1ccccc1-c1ccc(S(=O)(=O)NC2CCN(C(=O)OC(C)(C)C)CC2)c(C(F)(F)F)c1. The average Bonchev–Trinajstić information content (AvgIpc) is 2.72. The Hall–Kier alpha value is -2.59. The van der Waals surface area contributed by atoms with E-state index in [9.17, 15) is 26.4 Å². The lowest BCUT2D eigenvalue weighted by molar-refractivity contribution is -0.139. The highest BCUT2D eigenvalue weighted by molar-refractivity contribution is 7.89. The molecular formula is C24H29F3N2O4S. The smallest absolute Gasteiger partial charge is 0.417 e. The second-order valence-electron chi connectivity index (χ2n) is 9.39. The third-order valence-electron chi connectivity index (χ3n) is 5.50. The fraction of sp³-hybridized carbons (Fsp3) is 0.458. The molecule has 1 aliphatic rings. The van der Waals surface area contributed by atoms with E-state index in [1.165, 1.54) is 11.0 Å². The largest absolute Gasteiger partial charge is 0.444 e. The second kappa shape index (κ2) is 9.58. The number of ether oxygens (including phenoxy) is 1. The number of carbonyl (C=O) groups is 1. The van der Waals surface area contributed by atoms with E-state index in [2.05, 4.69) is 4.72 Å². The van der Waals surface area contributed by atoms with Gasteiger partial charge >= 0.3 is 12.3 Å². The van der Waals surface area contributed by atoms with Gasteiger partial charge in [-0.15, -0.1) is 0 Å². The Bertz CT molecular complexity index is 1150. The first kappa shape index (κ1) is 26.0. The molecule has 2 aromatic carbocycles. The van der Waals surface area contributed by atoms with Crippen LogP contribution in [0.2, 0.25) is 0 Å². The molecule has 0 aliphatic carbocycles. The van der Waals surface area contributed by atoms with E-state index in [-0.39, 0.29) is 31.5 Å². The number of sulfonamides is 1. The highest BCUT2D eigenvalue weighted by atomic mass is 32.2. The zero-order chi connectivity index (χ0) is 25.3. The first-order valence-corrected chi connectivity index (χ1v) is 12.4. The van der Waals surface area contributed by atoms with Crippen molar-refractivity contribution in [3.63, 3.8) is 0 Å². The van der Waals surface area contributed by atoms with E-state index >= 15 is 0 Å². The number of carbonyl (C=O) groups excluding carboxylic acids is 1. The number of alkyl halides is 3. The number of nitrogens with one attached hydrogen (secondary N) is 1. The van der Waals surface area contributed by atoms with Crippen molar-refractivity contribution >= 4 is 16.1 Å². The predicted octanol–water partition coefficient (Wildman–Crippen LogP) is 5.36. The van der Waals surface area contributed by atoms with Crippen LogP contribution in [-0.2, 0) is 20.9 Å². The van der Waals surface area contributed by atoms with Crippen LogP contribution in [0.5, 0.6) is 0 Å². The van der Waals surface area contributed by atoms with Gasteiger partial charge in [0.05, 0.1) is 10.5 Å². The molecule has 1 amide bonds. The molecule has 1 aliphatic heterocycles. The van der Waals surface area contributed by atoms with Crippen molar-refractivity contribution in [2.45, 2.75) is 63.3 Å². The molecule has 0 bridgehead atoms. The standard InChI is InChI=1S/C24H29F3N2O4S/c1-16-7-5-6-8-19(16)17-9-10-21(20(15-17)24(25,26)27)34(31,32)28-18-11-13-29(14-12-18)22(30)33-23(2,3)4/h5-10,15,18,28H,11-14H2,1-4H3. The number of likely N-dealkylation sites (tertiary alicyclic amines) is 1. The van der Waals surface area contributed by atoms with Gasteiger partial charge in [0, 0.05) is 19.1 Å². The van der Waals surface area contributed by atoms with Crippen molar-refractivity contribution in [1.82, 2.24) is 9.62 Å². The summed E-state index contributed by atoms with van der Waals surface area (Å²) in [7, 11) is -4.45. The second-order valence-corrected chi connectivity index (χ2v) is 11.1. The summed E-state index contributed by atoms with van der Waals surface area (Å²) in [4.78, 5) is 12.8. The lowest BCUT2D eigenvalue weighted by Crippen LogP contribution is -2.47. The topological polar surface area (TPSA) is 75.7 Å². The number of hydrogen-bond donors (Lipinski definition) is 1. The minimum absolute atomic E-state index is 0.237. The summed E-state index contributed by atoms with van der Waals surface area (Å²) in [6.45, 7) is 7.48. The van der Waals surface area contributed by atoms with Crippen molar-refractivity contribution in [1.29, 1.82) is 0 Å². The van der Waals surface area contributed by atoms with Gasteiger partial charge in [0.1, 0.15) is 5.60 Å². The Morgan fingerprint density at radius 2 is 1.68 bits per heavy atom. The fourth-order valence-corrected chi connectivity index (χ4v) is 5.35. The maximum atomic E-state index is 13.9. The van der Waals surface area contributed by atoms with Crippen LogP contribution in [0.1, 0.15) is 44.7 Å². The summed E-state index contributed by atoms with van der Waals surface area (Å²) >= 11 is 0. The fourth-order valence-electron chi connectivity index (χ4n) is 3.84. The summed E-state index contributed by atoms with van der Waals surface area (Å²) in [5.74, 6) is 0. The van der Waals surface area contributed by atoms with Gasteiger partial charge in [0.15, 0.2) is 0 Å². The quantitative estimate of drug-likeness (QED) is 0.616. The van der Waals surface area contributed by atoms with Gasteiger partial charge in [-0.05, 0) is 69.4 Å². The zero-order valence-electron chi connectivity index (χ0n) is 19.6. The number of nitrogens with zero attached hydrogens (tertiary/aromatic N) is 1. The van der Waals surface area contributed by atoms with Crippen LogP contribution in [0, 0.1) is 6.92 Å². The number of halogens is 3. The number of benzene rings is 2. The van der Waals surface area contributed by atoms with E-state index < -0.39 is 44.4 Å². The lowest BCUT2D eigenvalue weighted by Gasteiger charge is -2.33. The molecule has 0 radical (unpaired) electrons. The molecule has 2 aromatic rings. The summed E-state index contributed by atoms with van der Waals surface area (Å²) in [6.07, 6.45) is -4.83. The van der Waals surface area contributed by atoms with Crippen LogP contribution in [0.15, 0.2) is 47.4 Å². The van der Waals surface area contributed by atoms with Crippen LogP contribution in [0.4, 0.5) is 18.0 Å². The molecule has 6 nitrogen and oxygen atoms in total. The maximum Gasteiger partial charge on any atom is 0.417 e. The Labute approximate surface area is 198 Å². The van der Waals surface area contributed by atoms with Gasteiger partial charge in [-0.25, -0.2) is 17.9 Å². The Morgan fingerprint density at radius 3 is 2.24 bits per heavy atom. The Kier molecular flexibility index (Phi) is 7.33. The minimum atomic E-state index is -4.86. The molecule has 0 unspecified atom stereocenters. The van der Waals surface area contributed by atoms with Crippen molar-refractivity contribution < 1.29 is 31.1 Å². The van der Waals surface area contributed by atoms with Gasteiger partial charge in [-0.2, -0.15) is 13.2 Å². The average molecular weight is 499 g/mol. The number of aryl methyl sites for hydroxylation is 1. The molecule has 1 saturated heterocycles. The number of rotatable bonds is 4. The predicted molar refractivity (Wildman–Crippen MR) is 123 cm³/mol. The van der Waals surface area contributed by atoms with Crippen LogP contribution in [-0.4, -0.2) is 44.1 Å². The van der Waals surface area contributed by atoms with Gasteiger partial charge in [-0.1, -0.05) is 30.3 Å². The molecule has 1 N–H and O–H groups in total. The van der Waals surface area contributed by atoms with Crippen molar-refractivity contribution in [2.75, 3.05) is 13.1 Å². The van der Waals surface area contributed by atoms with E-state index in [4.69, 9.17) is 4.74 Å². The maximum absolute atomic E-state index is 13.9. The van der Waals surface area contributed by atoms with E-state index in [1.807, 2.05) is 0 Å². The number of piperidine rings is 1. The molecule has 34 heavy (non-hydrogen) atoms. The molecule has 0 saturated carbocycles. The third kappa shape index (κ3) is 6.29. The lowest BCUT2D eigenvalue weighted by atomic mass is 9.99. The molecule has 10 heteroatoms.